The van der Waals surface area contributed by atoms with Gasteiger partial charge in [0.25, 0.3) is 0 Å². The van der Waals surface area contributed by atoms with Gasteiger partial charge in [-0.3, -0.25) is 5.32 Å². The lowest BCUT2D eigenvalue weighted by molar-refractivity contribution is 0.0526. The molecule has 6 heteroatoms. The van der Waals surface area contributed by atoms with Crippen molar-refractivity contribution in [3.05, 3.63) is 54.1 Å². The van der Waals surface area contributed by atoms with Crippen molar-refractivity contribution in [2.75, 3.05) is 17.2 Å². The number of ether oxygens (including phenoxy) is 2. The van der Waals surface area contributed by atoms with Crippen molar-refractivity contribution < 1.29 is 19.1 Å². The third-order valence-electron chi connectivity index (χ3n) is 3.23. The number of amides is 1. The molecule has 26 heavy (non-hydrogen) atoms. The van der Waals surface area contributed by atoms with E-state index in [4.69, 9.17) is 9.47 Å². The molecule has 0 unspecified atom stereocenters. The minimum absolute atomic E-state index is 0.318. The second-order valence-corrected chi connectivity index (χ2v) is 6.60. The molecule has 0 aromatic heterocycles. The van der Waals surface area contributed by atoms with E-state index in [9.17, 15) is 9.59 Å². The fourth-order valence-electron chi connectivity index (χ4n) is 2.19. The Morgan fingerprint density at radius 3 is 2.19 bits per heavy atom. The lowest BCUT2D eigenvalue weighted by Gasteiger charge is -2.19. The van der Waals surface area contributed by atoms with Crippen molar-refractivity contribution in [1.29, 1.82) is 0 Å². The van der Waals surface area contributed by atoms with Crippen LogP contribution in [-0.2, 0) is 9.47 Å². The van der Waals surface area contributed by atoms with Crippen molar-refractivity contribution in [2.45, 2.75) is 33.3 Å². The van der Waals surface area contributed by atoms with E-state index in [1.54, 1.807) is 70.2 Å². The summed E-state index contributed by atoms with van der Waals surface area (Å²) in [5.41, 5.74) is 1.95. The second kappa shape index (κ2) is 8.38. The van der Waals surface area contributed by atoms with Crippen LogP contribution in [0.15, 0.2) is 48.5 Å². The summed E-state index contributed by atoms with van der Waals surface area (Å²) in [7, 11) is 0. The Labute approximate surface area is 153 Å². The zero-order valence-corrected chi connectivity index (χ0v) is 15.5. The molecule has 0 aliphatic rings. The van der Waals surface area contributed by atoms with Crippen molar-refractivity contribution >= 4 is 29.1 Å². The summed E-state index contributed by atoms with van der Waals surface area (Å²) in [6, 6.07) is 14.2. The predicted molar refractivity (Wildman–Crippen MR) is 102 cm³/mol. The molecule has 0 fully saturated rings. The van der Waals surface area contributed by atoms with Crippen molar-refractivity contribution in [1.82, 2.24) is 0 Å². The third kappa shape index (κ3) is 5.81. The lowest BCUT2D eigenvalue weighted by Crippen LogP contribution is -2.27. The van der Waals surface area contributed by atoms with Crippen LogP contribution in [0.1, 0.15) is 38.1 Å². The van der Waals surface area contributed by atoms with Crippen LogP contribution in [0, 0.1) is 0 Å². The fraction of sp³-hybridized carbons (Fsp3) is 0.300. The predicted octanol–water partition coefficient (Wildman–Crippen LogP) is 4.95. The minimum Gasteiger partial charge on any atom is -0.462 e. The highest BCUT2D eigenvalue weighted by molar-refractivity contribution is 5.96. The Hall–Kier alpha value is -3.02. The summed E-state index contributed by atoms with van der Waals surface area (Å²) in [5, 5.41) is 5.86. The number of hydrogen-bond donors (Lipinski definition) is 2. The molecule has 0 bridgehead atoms. The van der Waals surface area contributed by atoms with Gasteiger partial charge >= 0.3 is 12.1 Å². The van der Waals surface area contributed by atoms with Crippen molar-refractivity contribution in [2.24, 2.45) is 0 Å². The van der Waals surface area contributed by atoms with Crippen LogP contribution in [0.2, 0.25) is 0 Å². The van der Waals surface area contributed by atoms with E-state index in [1.807, 2.05) is 6.07 Å². The van der Waals surface area contributed by atoms with Gasteiger partial charge in [-0.2, -0.15) is 0 Å². The molecular formula is C20H24N2O4. The molecule has 0 radical (unpaired) electrons. The minimum atomic E-state index is -0.553. The van der Waals surface area contributed by atoms with Gasteiger partial charge in [0.05, 0.1) is 17.9 Å². The Bertz CT molecular complexity index is 764. The molecule has 138 valence electrons. The van der Waals surface area contributed by atoms with E-state index in [1.165, 1.54) is 0 Å². The summed E-state index contributed by atoms with van der Waals surface area (Å²) in [6.07, 6.45) is -0.508. The van der Waals surface area contributed by atoms with E-state index >= 15 is 0 Å². The molecule has 0 atom stereocenters. The number of esters is 1. The largest absolute Gasteiger partial charge is 0.462 e. The number of carbonyl (C=O) groups excluding carboxylic acids is 2. The maximum absolute atomic E-state index is 12.0. The van der Waals surface area contributed by atoms with Gasteiger partial charge in [-0.1, -0.05) is 12.1 Å². The van der Waals surface area contributed by atoms with E-state index in [0.29, 0.717) is 23.5 Å². The first kappa shape index (κ1) is 19.3. The third-order valence-corrected chi connectivity index (χ3v) is 3.23. The number of anilines is 3. The Balaban J connectivity index is 2.06. The summed E-state index contributed by atoms with van der Waals surface area (Å²) < 4.78 is 10.3. The molecule has 2 aromatic rings. The van der Waals surface area contributed by atoms with Crippen molar-refractivity contribution in [3.8, 4) is 0 Å². The summed E-state index contributed by atoms with van der Waals surface area (Å²) >= 11 is 0. The van der Waals surface area contributed by atoms with Crippen LogP contribution in [0.25, 0.3) is 0 Å². The summed E-state index contributed by atoms with van der Waals surface area (Å²) in [5.74, 6) is -0.376. The van der Waals surface area contributed by atoms with Gasteiger partial charge in [-0.15, -0.1) is 0 Å². The summed E-state index contributed by atoms with van der Waals surface area (Å²) in [4.78, 5) is 23.8. The molecule has 1 amide bonds. The molecule has 0 heterocycles. The molecule has 0 spiro atoms. The monoisotopic (exact) mass is 356 g/mol. The number of nitrogens with one attached hydrogen (secondary N) is 2. The van der Waals surface area contributed by atoms with Crippen LogP contribution in [0.4, 0.5) is 21.9 Å². The molecule has 0 aliphatic carbocycles. The average molecular weight is 356 g/mol. The molecule has 6 nitrogen and oxygen atoms in total. The quantitative estimate of drug-likeness (QED) is 0.741. The van der Waals surface area contributed by atoms with Crippen LogP contribution in [0.5, 0.6) is 0 Å². The van der Waals surface area contributed by atoms with Crippen LogP contribution in [-0.4, -0.2) is 24.3 Å². The van der Waals surface area contributed by atoms with Gasteiger partial charge < -0.3 is 14.8 Å². The smallest absolute Gasteiger partial charge is 0.412 e. The maximum Gasteiger partial charge on any atom is 0.412 e. The van der Waals surface area contributed by atoms with Crippen LogP contribution < -0.4 is 10.6 Å². The molecule has 2 N–H and O–H groups in total. The average Bonchev–Trinajstić information content (AvgIpc) is 2.55. The van der Waals surface area contributed by atoms with E-state index in [2.05, 4.69) is 10.6 Å². The van der Waals surface area contributed by atoms with E-state index in [0.717, 1.165) is 5.69 Å². The van der Waals surface area contributed by atoms with Gasteiger partial charge in [0, 0.05) is 11.4 Å². The molecule has 2 aromatic carbocycles. The summed E-state index contributed by atoms with van der Waals surface area (Å²) in [6.45, 7) is 7.50. The first-order valence-corrected chi connectivity index (χ1v) is 8.42. The molecule has 0 aliphatic heterocycles. The number of carbonyl (C=O) groups is 2. The SMILES string of the molecule is CCOC(=O)c1ccccc1Nc1ccc(NC(=O)OC(C)(C)C)cc1. The van der Waals surface area contributed by atoms with Gasteiger partial charge in [0.15, 0.2) is 0 Å². The van der Waals surface area contributed by atoms with E-state index < -0.39 is 11.7 Å². The molecule has 0 saturated heterocycles. The Morgan fingerprint density at radius 1 is 0.962 bits per heavy atom. The highest BCUT2D eigenvalue weighted by atomic mass is 16.6. The first-order chi connectivity index (χ1) is 12.3. The molecule has 0 saturated carbocycles. The standard InChI is InChI=1S/C20H24N2O4/c1-5-25-18(23)16-8-6-7-9-17(16)21-14-10-12-15(13-11-14)22-19(24)26-20(2,3)4/h6-13,21H,5H2,1-4H3,(H,22,24). The Morgan fingerprint density at radius 2 is 1.58 bits per heavy atom. The Kier molecular flexibility index (Phi) is 6.22. The fourth-order valence-corrected chi connectivity index (χ4v) is 2.19. The number of rotatable bonds is 5. The first-order valence-electron chi connectivity index (χ1n) is 8.42. The second-order valence-electron chi connectivity index (χ2n) is 6.60. The zero-order chi connectivity index (χ0) is 19.2. The molecule has 2 rings (SSSR count). The van der Waals surface area contributed by atoms with E-state index in [-0.39, 0.29) is 5.97 Å². The van der Waals surface area contributed by atoms with Gasteiger partial charge in [-0.05, 0) is 64.1 Å². The van der Waals surface area contributed by atoms with Crippen LogP contribution in [0.3, 0.4) is 0 Å². The number of benzene rings is 2. The topological polar surface area (TPSA) is 76.7 Å². The van der Waals surface area contributed by atoms with Crippen molar-refractivity contribution in [3.63, 3.8) is 0 Å². The lowest BCUT2D eigenvalue weighted by atomic mass is 10.1. The molecular weight excluding hydrogens is 332 g/mol. The van der Waals surface area contributed by atoms with Gasteiger partial charge in [-0.25, -0.2) is 9.59 Å². The van der Waals surface area contributed by atoms with Gasteiger partial charge in [0.1, 0.15) is 5.60 Å². The highest BCUT2D eigenvalue weighted by Crippen LogP contribution is 2.23. The maximum atomic E-state index is 12.0. The van der Waals surface area contributed by atoms with Crippen LogP contribution >= 0.6 is 0 Å². The zero-order valence-electron chi connectivity index (χ0n) is 15.5. The van der Waals surface area contributed by atoms with Gasteiger partial charge in [0.2, 0.25) is 0 Å². The number of hydrogen-bond acceptors (Lipinski definition) is 5. The highest BCUT2D eigenvalue weighted by Gasteiger charge is 2.16. The normalized spacial score (nSPS) is 10.8. The number of para-hydroxylation sites is 1.